The molecule has 1 aliphatic rings. The number of nitrogens with two attached hydrogens (primary N) is 1. The molecule has 1 saturated heterocycles. The van der Waals surface area contributed by atoms with Crippen molar-refractivity contribution in [1.82, 2.24) is 9.80 Å². The van der Waals surface area contributed by atoms with E-state index in [0.29, 0.717) is 32.6 Å². The molecule has 0 bridgehead atoms. The fraction of sp³-hybridized carbons (Fsp3) is 0.467. The van der Waals surface area contributed by atoms with Gasteiger partial charge in [0.15, 0.2) is 0 Å². The molecule has 108 valence electrons. The zero-order valence-electron chi connectivity index (χ0n) is 11.8. The van der Waals surface area contributed by atoms with Crippen LogP contribution in [0.5, 0.6) is 0 Å². The maximum atomic E-state index is 12.2. The highest BCUT2D eigenvalue weighted by molar-refractivity contribution is 5.82. The molecule has 20 heavy (non-hydrogen) atoms. The van der Waals surface area contributed by atoms with Crippen LogP contribution in [0.15, 0.2) is 30.3 Å². The van der Waals surface area contributed by atoms with Crippen molar-refractivity contribution >= 4 is 11.8 Å². The van der Waals surface area contributed by atoms with E-state index in [2.05, 4.69) is 0 Å². The van der Waals surface area contributed by atoms with E-state index < -0.39 is 6.04 Å². The zero-order chi connectivity index (χ0) is 14.5. The van der Waals surface area contributed by atoms with Crippen LogP contribution in [-0.4, -0.2) is 53.8 Å². The first-order chi connectivity index (χ1) is 9.58. The lowest BCUT2D eigenvalue weighted by Crippen LogP contribution is -2.54. The van der Waals surface area contributed by atoms with Crippen LogP contribution in [-0.2, 0) is 16.0 Å². The van der Waals surface area contributed by atoms with Crippen molar-refractivity contribution in [3.05, 3.63) is 35.9 Å². The van der Waals surface area contributed by atoms with Gasteiger partial charge >= 0.3 is 0 Å². The number of hydrogen-bond acceptors (Lipinski definition) is 3. The first kappa shape index (κ1) is 14.5. The Labute approximate surface area is 119 Å². The van der Waals surface area contributed by atoms with E-state index in [0.717, 1.165) is 5.56 Å². The first-order valence-corrected chi connectivity index (χ1v) is 6.94. The van der Waals surface area contributed by atoms with Gasteiger partial charge in [0.2, 0.25) is 11.8 Å². The first-order valence-electron chi connectivity index (χ1n) is 6.94. The summed E-state index contributed by atoms with van der Waals surface area (Å²) in [5.41, 5.74) is 6.61. The molecule has 5 nitrogen and oxygen atoms in total. The number of amides is 2. The molecule has 2 amide bonds. The van der Waals surface area contributed by atoms with Crippen molar-refractivity contribution < 1.29 is 9.59 Å². The van der Waals surface area contributed by atoms with Crippen molar-refractivity contribution in [1.29, 1.82) is 0 Å². The standard InChI is InChI=1S/C15H21N3O2/c1-12(16)15(20)18-9-7-17(8-10-18)14(19)11-13-5-3-2-4-6-13/h2-6,12H,7-11,16H2,1H3/t12-/m0/s1. The highest BCUT2D eigenvalue weighted by Crippen LogP contribution is 2.07. The molecule has 0 unspecified atom stereocenters. The van der Waals surface area contributed by atoms with E-state index in [9.17, 15) is 9.59 Å². The Hall–Kier alpha value is -1.88. The largest absolute Gasteiger partial charge is 0.339 e. The van der Waals surface area contributed by atoms with Crippen molar-refractivity contribution in [2.75, 3.05) is 26.2 Å². The van der Waals surface area contributed by atoms with Gasteiger partial charge in [0.05, 0.1) is 12.5 Å². The van der Waals surface area contributed by atoms with Gasteiger partial charge in [0.25, 0.3) is 0 Å². The summed E-state index contributed by atoms with van der Waals surface area (Å²) in [5.74, 6) is 0.0734. The van der Waals surface area contributed by atoms with Crippen molar-refractivity contribution in [2.24, 2.45) is 5.73 Å². The fourth-order valence-corrected chi connectivity index (χ4v) is 2.35. The number of benzene rings is 1. The Kier molecular flexibility index (Phi) is 4.74. The van der Waals surface area contributed by atoms with Crippen LogP contribution in [0.1, 0.15) is 12.5 Å². The Morgan fingerprint density at radius 1 is 1.10 bits per heavy atom. The lowest BCUT2D eigenvalue weighted by Gasteiger charge is -2.35. The summed E-state index contributed by atoms with van der Waals surface area (Å²) in [5, 5.41) is 0. The molecule has 1 heterocycles. The number of carbonyl (C=O) groups excluding carboxylic acids is 2. The highest BCUT2D eigenvalue weighted by Gasteiger charge is 2.25. The molecule has 0 radical (unpaired) electrons. The lowest BCUT2D eigenvalue weighted by molar-refractivity contribution is -0.139. The van der Waals surface area contributed by atoms with Crippen LogP contribution in [0.2, 0.25) is 0 Å². The molecular formula is C15H21N3O2. The number of rotatable bonds is 3. The maximum absolute atomic E-state index is 12.2. The molecule has 5 heteroatoms. The third-order valence-corrected chi connectivity index (χ3v) is 3.53. The molecule has 0 aliphatic carbocycles. The zero-order valence-corrected chi connectivity index (χ0v) is 11.8. The van der Waals surface area contributed by atoms with Crippen LogP contribution in [0.4, 0.5) is 0 Å². The normalized spacial score (nSPS) is 16.9. The van der Waals surface area contributed by atoms with Gasteiger partial charge in [0.1, 0.15) is 0 Å². The van der Waals surface area contributed by atoms with Gasteiger partial charge in [-0.15, -0.1) is 0 Å². The van der Waals surface area contributed by atoms with E-state index in [1.54, 1.807) is 11.8 Å². The van der Waals surface area contributed by atoms with Gasteiger partial charge < -0.3 is 15.5 Å². The molecule has 0 saturated carbocycles. The van der Waals surface area contributed by atoms with Gasteiger partial charge in [-0.3, -0.25) is 9.59 Å². The van der Waals surface area contributed by atoms with Crippen LogP contribution in [0.3, 0.4) is 0 Å². The van der Waals surface area contributed by atoms with Crippen LogP contribution >= 0.6 is 0 Å². The van der Waals surface area contributed by atoms with E-state index in [-0.39, 0.29) is 11.8 Å². The van der Waals surface area contributed by atoms with Crippen LogP contribution in [0.25, 0.3) is 0 Å². The third kappa shape index (κ3) is 3.57. The van der Waals surface area contributed by atoms with Gasteiger partial charge in [-0.25, -0.2) is 0 Å². The highest BCUT2D eigenvalue weighted by atomic mass is 16.2. The molecule has 1 fully saturated rings. The molecule has 0 spiro atoms. The van der Waals surface area contributed by atoms with E-state index in [4.69, 9.17) is 5.73 Å². The molecular weight excluding hydrogens is 254 g/mol. The Bertz CT molecular complexity index is 465. The summed E-state index contributed by atoms with van der Waals surface area (Å²) in [4.78, 5) is 27.5. The topological polar surface area (TPSA) is 66.6 Å². The van der Waals surface area contributed by atoms with E-state index in [1.807, 2.05) is 35.2 Å². The molecule has 1 aromatic rings. The smallest absolute Gasteiger partial charge is 0.239 e. The van der Waals surface area contributed by atoms with Gasteiger partial charge in [-0.2, -0.15) is 0 Å². The van der Waals surface area contributed by atoms with Crippen LogP contribution in [0, 0.1) is 0 Å². The Morgan fingerprint density at radius 3 is 2.20 bits per heavy atom. The predicted molar refractivity (Wildman–Crippen MR) is 77.0 cm³/mol. The quantitative estimate of drug-likeness (QED) is 0.859. The predicted octanol–water partition coefficient (Wildman–Crippen LogP) is 0.247. The van der Waals surface area contributed by atoms with Gasteiger partial charge in [-0.05, 0) is 12.5 Å². The minimum atomic E-state index is -0.471. The average molecular weight is 275 g/mol. The lowest BCUT2D eigenvalue weighted by atomic mass is 10.1. The summed E-state index contributed by atoms with van der Waals surface area (Å²) < 4.78 is 0. The van der Waals surface area contributed by atoms with E-state index in [1.165, 1.54) is 0 Å². The van der Waals surface area contributed by atoms with Gasteiger partial charge in [0, 0.05) is 26.2 Å². The summed E-state index contributed by atoms with van der Waals surface area (Å²) in [6.45, 7) is 4.01. The summed E-state index contributed by atoms with van der Waals surface area (Å²) >= 11 is 0. The molecule has 1 atom stereocenters. The molecule has 1 aliphatic heterocycles. The third-order valence-electron chi connectivity index (χ3n) is 3.53. The number of carbonyl (C=O) groups is 2. The molecule has 1 aromatic carbocycles. The molecule has 2 N–H and O–H groups in total. The number of hydrogen-bond donors (Lipinski definition) is 1. The number of piperazine rings is 1. The minimum absolute atomic E-state index is 0.0415. The summed E-state index contributed by atoms with van der Waals surface area (Å²) in [7, 11) is 0. The number of nitrogens with zero attached hydrogens (tertiary/aromatic N) is 2. The maximum Gasteiger partial charge on any atom is 0.239 e. The molecule has 0 aromatic heterocycles. The monoisotopic (exact) mass is 275 g/mol. The average Bonchev–Trinajstić information content (AvgIpc) is 2.47. The Morgan fingerprint density at radius 2 is 1.65 bits per heavy atom. The SMILES string of the molecule is C[C@H](N)C(=O)N1CCN(C(=O)Cc2ccccc2)CC1. The van der Waals surface area contributed by atoms with Crippen molar-refractivity contribution in [3.63, 3.8) is 0 Å². The van der Waals surface area contributed by atoms with Crippen LogP contribution < -0.4 is 5.73 Å². The second-order valence-electron chi connectivity index (χ2n) is 5.16. The second kappa shape index (κ2) is 6.52. The van der Waals surface area contributed by atoms with Gasteiger partial charge in [-0.1, -0.05) is 30.3 Å². The second-order valence-corrected chi connectivity index (χ2v) is 5.16. The molecule has 2 rings (SSSR count). The summed E-state index contributed by atoms with van der Waals surface area (Å²) in [6, 6.07) is 9.24. The van der Waals surface area contributed by atoms with E-state index >= 15 is 0 Å². The van der Waals surface area contributed by atoms with Crippen molar-refractivity contribution in [3.8, 4) is 0 Å². The fourth-order valence-electron chi connectivity index (χ4n) is 2.35. The summed E-state index contributed by atoms with van der Waals surface area (Å²) in [6.07, 6.45) is 0.419. The Balaban J connectivity index is 1.84. The van der Waals surface area contributed by atoms with Crippen molar-refractivity contribution in [2.45, 2.75) is 19.4 Å². The minimum Gasteiger partial charge on any atom is -0.339 e.